The Hall–Kier alpha value is -1.52. The fraction of sp³-hybridized carbons (Fsp3) is 0.400. The number of hydrogen-bond acceptors (Lipinski definition) is 2. The Morgan fingerprint density at radius 2 is 2.40 bits per heavy atom. The Kier molecular flexibility index (Phi) is 3.94. The number of benzene rings is 1. The summed E-state index contributed by atoms with van der Waals surface area (Å²) in [6.07, 6.45) is 2.06. The zero-order valence-corrected chi connectivity index (χ0v) is 11.9. The number of aromatic amines is 1. The minimum atomic E-state index is -0.0869. The topological polar surface area (TPSA) is 54.1 Å². The second-order valence-corrected chi connectivity index (χ2v) is 5.57. The molecule has 1 aliphatic heterocycles. The average molecular weight is 293 g/mol. The summed E-state index contributed by atoms with van der Waals surface area (Å²) in [7, 11) is 0. The highest BCUT2D eigenvalue weighted by Crippen LogP contribution is 2.24. The molecule has 1 aromatic carbocycles. The monoisotopic (exact) mass is 292 g/mol. The van der Waals surface area contributed by atoms with E-state index in [1.54, 1.807) is 6.07 Å². The van der Waals surface area contributed by atoms with Crippen molar-refractivity contribution in [2.45, 2.75) is 12.8 Å². The normalized spacial score (nSPS) is 18.6. The molecule has 1 aliphatic rings. The number of ether oxygens (including phenoxy) is 1. The first-order chi connectivity index (χ1) is 9.74. The van der Waals surface area contributed by atoms with Crippen LogP contribution in [0.25, 0.3) is 10.9 Å². The minimum Gasteiger partial charge on any atom is -0.381 e. The van der Waals surface area contributed by atoms with Crippen LogP contribution >= 0.6 is 11.6 Å². The molecule has 0 saturated carbocycles. The third-order valence-corrected chi connectivity index (χ3v) is 4.05. The van der Waals surface area contributed by atoms with E-state index >= 15 is 0 Å². The van der Waals surface area contributed by atoms with Gasteiger partial charge >= 0.3 is 0 Å². The minimum absolute atomic E-state index is 0.0869. The fourth-order valence-electron chi connectivity index (χ4n) is 2.54. The Labute approximate surface area is 122 Å². The molecule has 1 aromatic heterocycles. The van der Waals surface area contributed by atoms with Crippen LogP contribution in [0.3, 0.4) is 0 Å². The van der Waals surface area contributed by atoms with Gasteiger partial charge in [0.05, 0.1) is 0 Å². The van der Waals surface area contributed by atoms with Gasteiger partial charge in [-0.2, -0.15) is 0 Å². The summed E-state index contributed by atoms with van der Waals surface area (Å²) in [6, 6.07) is 7.39. The summed E-state index contributed by atoms with van der Waals surface area (Å²) in [6.45, 7) is 2.34. The van der Waals surface area contributed by atoms with Gasteiger partial charge in [0, 0.05) is 35.7 Å². The van der Waals surface area contributed by atoms with E-state index in [0.717, 1.165) is 37.0 Å². The van der Waals surface area contributed by atoms with Gasteiger partial charge in [0.2, 0.25) is 0 Å². The van der Waals surface area contributed by atoms with E-state index in [1.165, 1.54) is 0 Å². The van der Waals surface area contributed by atoms with Crippen molar-refractivity contribution in [3.05, 3.63) is 35.0 Å². The molecule has 0 aliphatic carbocycles. The van der Waals surface area contributed by atoms with Crippen LogP contribution < -0.4 is 5.32 Å². The average Bonchev–Trinajstić information content (AvgIpc) is 3.07. The molecule has 4 nitrogen and oxygen atoms in total. The molecule has 0 unspecified atom stereocenters. The van der Waals surface area contributed by atoms with Crippen molar-refractivity contribution in [2.24, 2.45) is 5.92 Å². The number of hydrogen-bond donors (Lipinski definition) is 2. The summed E-state index contributed by atoms with van der Waals surface area (Å²) in [4.78, 5) is 15.2. The first kappa shape index (κ1) is 13.5. The van der Waals surface area contributed by atoms with E-state index in [0.29, 0.717) is 23.2 Å². The van der Waals surface area contributed by atoms with E-state index < -0.39 is 0 Å². The molecular formula is C15H17ClN2O2. The number of H-pyrrole nitrogens is 1. The number of carbonyl (C=O) groups is 1. The maximum Gasteiger partial charge on any atom is 0.267 e. The van der Waals surface area contributed by atoms with E-state index in [1.807, 2.05) is 18.2 Å². The van der Waals surface area contributed by atoms with Crippen LogP contribution in [0.5, 0.6) is 0 Å². The molecule has 106 valence electrons. The van der Waals surface area contributed by atoms with Crippen LogP contribution in [-0.2, 0) is 4.74 Å². The molecule has 0 spiro atoms. The Balaban J connectivity index is 1.61. The van der Waals surface area contributed by atoms with Crippen LogP contribution in [0.2, 0.25) is 5.02 Å². The van der Waals surface area contributed by atoms with Crippen molar-refractivity contribution in [1.82, 2.24) is 10.3 Å². The number of rotatable bonds is 4. The molecule has 20 heavy (non-hydrogen) atoms. The molecular weight excluding hydrogens is 276 g/mol. The highest BCUT2D eigenvalue weighted by molar-refractivity contribution is 6.35. The van der Waals surface area contributed by atoms with Crippen molar-refractivity contribution in [3.63, 3.8) is 0 Å². The van der Waals surface area contributed by atoms with Gasteiger partial charge in [-0.3, -0.25) is 4.79 Å². The summed E-state index contributed by atoms with van der Waals surface area (Å²) in [5.41, 5.74) is 1.43. The second-order valence-electron chi connectivity index (χ2n) is 5.16. The number of amides is 1. The van der Waals surface area contributed by atoms with Crippen molar-refractivity contribution in [1.29, 1.82) is 0 Å². The highest BCUT2D eigenvalue weighted by atomic mass is 35.5. The maximum atomic E-state index is 12.1. The van der Waals surface area contributed by atoms with Gasteiger partial charge in [-0.05, 0) is 37.0 Å². The smallest absolute Gasteiger partial charge is 0.267 e. The molecule has 3 rings (SSSR count). The first-order valence-electron chi connectivity index (χ1n) is 6.87. The van der Waals surface area contributed by atoms with Gasteiger partial charge in [-0.25, -0.2) is 0 Å². The third kappa shape index (κ3) is 2.81. The largest absolute Gasteiger partial charge is 0.381 e. The van der Waals surface area contributed by atoms with Crippen molar-refractivity contribution in [2.75, 3.05) is 19.8 Å². The van der Waals surface area contributed by atoms with Gasteiger partial charge in [0.25, 0.3) is 5.91 Å². The molecule has 1 amide bonds. The number of fused-ring (bicyclic) bond motifs is 1. The maximum absolute atomic E-state index is 12.1. The van der Waals surface area contributed by atoms with E-state index in [4.69, 9.17) is 16.3 Å². The third-order valence-electron chi connectivity index (χ3n) is 3.72. The number of carbonyl (C=O) groups excluding carboxylic acids is 1. The summed E-state index contributed by atoms with van der Waals surface area (Å²) in [5, 5.41) is 4.47. The number of aromatic nitrogens is 1. The summed E-state index contributed by atoms with van der Waals surface area (Å²) >= 11 is 6.10. The van der Waals surface area contributed by atoms with Crippen LogP contribution in [-0.4, -0.2) is 30.6 Å². The van der Waals surface area contributed by atoms with Crippen LogP contribution in [0, 0.1) is 5.92 Å². The van der Waals surface area contributed by atoms with E-state index in [9.17, 15) is 4.79 Å². The Bertz CT molecular complexity index is 617. The summed E-state index contributed by atoms with van der Waals surface area (Å²) < 4.78 is 5.32. The molecule has 1 saturated heterocycles. The molecule has 1 fully saturated rings. The first-order valence-corrected chi connectivity index (χ1v) is 7.25. The molecule has 2 heterocycles. The fourth-order valence-corrected chi connectivity index (χ4v) is 2.77. The van der Waals surface area contributed by atoms with Gasteiger partial charge in [-0.1, -0.05) is 17.7 Å². The SMILES string of the molecule is O=C(NCC[C@H]1CCOC1)c1cc2c(Cl)cccc2[nH]1. The van der Waals surface area contributed by atoms with Crippen molar-refractivity contribution >= 4 is 28.4 Å². The van der Waals surface area contributed by atoms with Crippen LogP contribution in [0.4, 0.5) is 0 Å². The predicted octanol–water partition coefficient (Wildman–Crippen LogP) is 2.98. The quantitative estimate of drug-likeness (QED) is 0.910. The molecule has 1 atom stereocenters. The van der Waals surface area contributed by atoms with Crippen molar-refractivity contribution in [3.8, 4) is 0 Å². The lowest BCUT2D eigenvalue weighted by Crippen LogP contribution is -2.26. The zero-order chi connectivity index (χ0) is 13.9. The number of halogens is 1. The van der Waals surface area contributed by atoms with Crippen molar-refractivity contribution < 1.29 is 9.53 Å². The van der Waals surface area contributed by atoms with Crippen LogP contribution in [0.15, 0.2) is 24.3 Å². The van der Waals surface area contributed by atoms with Gasteiger partial charge in [-0.15, -0.1) is 0 Å². The lowest BCUT2D eigenvalue weighted by Gasteiger charge is -2.07. The Morgan fingerprint density at radius 1 is 1.50 bits per heavy atom. The summed E-state index contributed by atoms with van der Waals surface area (Å²) in [5.74, 6) is 0.489. The van der Waals surface area contributed by atoms with E-state index in [-0.39, 0.29) is 5.91 Å². The lowest BCUT2D eigenvalue weighted by molar-refractivity contribution is 0.0946. The predicted molar refractivity (Wildman–Crippen MR) is 79.2 cm³/mol. The van der Waals surface area contributed by atoms with E-state index in [2.05, 4.69) is 10.3 Å². The van der Waals surface area contributed by atoms with Gasteiger partial charge in [0.15, 0.2) is 0 Å². The molecule has 2 N–H and O–H groups in total. The van der Waals surface area contributed by atoms with Gasteiger partial charge in [0.1, 0.15) is 5.69 Å². The lowest BCUT2D eigenvalue weighted by atomic mass is 10.1. The highest BCUT2D eigenvalue weighted by Gasteiger charge is 2.16. The second kappa shape index (κ2) is 5.85. The van der Waals surface area contributed by atoms with Crippen LogP contribution in [0.1, 0.15) is 23.3 Å². The molecule has 0 radical (unpaired) electrons. The molecule has 2 aromatic rings. The molecule has 0 bridgehead atoms. The van der Waals surface area contributed by atoms with Gasteiger partial charge < -0.3 is 15.0 Å². The standard InChI is InChI=1S/C15H17ClN2O2/c16-12-2-1-3-13-11(12)8-14(18-13)15(19)17-6-4-10-5-7-20-9-10/h1-3,8,10,18H,4-7,9H2,(H,17,19)/t10-/m0/s1. The molecule has 5 heteroatoms. The number of nitrogens with one attached hydrogen (secondary N) is 2. The Morgan fingerprint density at radius 3 is 3.15 bits per heavy atom. The zero-order valence-electron chi connectivity index (χ0n) is 11.1.